The van der Waals surface area contributed by atoms with Crippen LogP contribution in [0.25, 0.3) is 11.0 Å². The molecule has 0 aliphatic rings. The van der Waals surface area contributed by atoms with E-state index in [2.05, 4.69) is 34.2 Å². The van der Waals surface area contributed by atoms with E-state index in [0.29, 0.717) is 5.92 Å². The van der Waals surface area contributed by atoms with Crippen LogP contribution in [0.5, 0.6) is 0 Å². The van der Waals surface area contributed by atoms with Gasteiger partial charge in [0.05, 0.1) is 11.0 Å². The topological polar surface area (TPSA) is 63.9 Å². The molecule has 0 radical (unpaired) electrons. The van der Waals surface area contributed by atoms with Crippen LogP contribution in [0.3, 0.4) is 0 Å². The van der Waals surface area contributed by atoms with Crippen LogP contribution in [0, 0.1) is 5.92 Å². The van der Waals surface area contributed by atoms with E-state index in [4.69, 9.17) is 0 Å². The number of nitrogens with zero attached hydrogens (tertiary/aromatic N) is 1. The summed E-state index contributed by atoms with van der Waals surface area (Å²) in [6.45, 7) is 4.23. The lowest BCUT2D eigenvalue weighted by Crippen LogP contribution is -2.31. The Labute approximate surface area is 113 Å². The van der Waals surface area contributed by atoms with Crippen molar-refractivity contribution in [2.75, 3.05) is 32.1 Å². The number of H-pyrrole nitrogens is 2. The second kappa shape index (κ2) is 5.93. The maximum atomic E-state index is 11.2. The minimum Gasteiger partial charge on any atom is -0.374 e. The van der Waals surface area contributed by atoms with Crippen LogP contribution in [0.15, 0.2) is 23.0 Å². The molecule has 2 rings (SSSR count). The summed E-state index contributed by atoms with van der Waals surface area (Å²) in [5, 5.41) is 3.23. The fourth-order valence-corrected chi connectivity index (χ4v) is 2.38. The van der Waals surface area contributed by atoms with Crippen molar-refractivity contribution < 1.29 is 0 Å². The highest BCUT2D eigenvalue weighted by atomic mass is 16.1. The number of hydrogen-bond donors (Lipinski definition) is 3. The number of benzene rings is 1. The number of hydrogen-bond acceptors (Lipinski definition) is 3. The molecule has 0 aliphatic heterocycles. The highest BCUT2D eigenvalue weighted by Gasteiger charge is 2.10. The first kappa shape index (κ1) is 13.7. The van der Waals surface area contributed by atoms with Gasteiger partial charge in [-0.3, -0.25) is 0 Å². The predicted octanol–water partition coefficient (Wildman–Crippen LogP) is 1.54. The third-order valence-corrected chi connectivity index (χ3v) is 3.54. The smallest absolute Gasteiger partial charge is 0.323 e. The van der Waals surface area contributed by atoms with Gasteiger partial charge < -0.3 is 20.2 Å². The van der Waals surface area contributed by atoms with Gasteiger partial charge in [-0.05, 0) is 37.7 Å². The van der Waals surface area contributed by atoms with Crippen LogP contribution < -0.4 is 15.9 Å². The number of nitrogens with one attached hydrogen (secondary N) is 3. The zero-order chi connectivity index (χ0) is 13.8. The van der Waals surface area contributed by atoms with Crippen LogP contribution in [0.4, 0.5) is 5.69 Å². The zero-order valence-electron chi connectivity index (χ0n) is 11.8. The van der Waals surface area contributed by atoms with E-state index in [9.17, 15) is 4.79 Å². The predicted molar refractivity (Wildman–Crippen MR) is 79.9 cm³/mol. The van der Waals surface area contributed by atoms with Gasteiger partial charge in [0, 0.05) is 19.3 Å². The molecule has 1 unspecified atom stereocenters. The molecule has 5 heteroatoms. The minimum absolute atomic E-state index is 0.156. The second-order valence-corrected chi connectivity index (χ2v) is 5.02. The Morgan fingerprint density at radius 1 is 1.32 bits per heavy atom. The molecule has 0 fully saturated rings. The molecule has 0 spiro atoms. The van der Waals surface area contributed by atoms with Gasteiger partial charge >= 0.3 is 5.69 Å². The van der Waals surface area contributed by atoms with Crippen molar-refractivity contribution in [1.29, 1.82) is 0 Å². The largest absolute Gasteiger partial charge is 0.374 e. The summed E-state index contributed by atoms with van der Waals surface area (Å²) in [5.41, 5.74) is 2.68. The van der Waals surface area contributed by atoms with Gasteiger partial charge in [-0.25, -0.2) is 4.79 Å². The molecule has 1 heterocycles. The first-order valence-corrected chi connectivity index (χ1v) is 6.71. The highest BCUT2D eigenvalue weighted by molar-refractivity contribution is 5.78. The van der Waals surface area contributed by atoms with E-state index >= 15 is 0 Å². The Morgan fingerprint density at radius 3 is 2.74 bits per heavy atom. The molecule has 5 nitrogen and oxygen atoms in total. The van der Waals surface area contributed by atoms with E-state index in [1.165, 1.54) is 0 Å². The van der Waals surface area contributed by atoms with Crippen LogP contribution >= 0.6 is 0 Å². The van der Waals surface area contributed by atoms with Gasteiger partial charge in [-0.2, -0.15) is 0 Å². The summed E-state index contributed by atoms with van der Waals surface area (Å²) in [7, 11) is 4.07. The summed E-state index contributed by atoms with van der Waals surface area (Å²) in [4.78, 5) is 19.0. The zero-order valence-corrected chi connectivity index (χ0v) is 11.8. The molecule has 0 saturated carbocycles. The molecule has 0 saturated heterocycles. The molecule has 1 aromatic heterocycles. The van der Waals surface area contributed by atoms with Crippen LogP contribution in [-0.4, -0.2) is 37.2 Å². The number of imidazole rings is 1. The Kier molecular flexibility index (Phi) is 4.27. The van der Waals surface area contributed by atoms with Crippen molar-refractivity contribution in [1.82, 2.24) is 15.3 Å². The van der Waals surface area contributed by atoms with Crippen molar-refractivity contribution in [3.63, 3.8) is 0 Å². The molecule has 1 aromatic carbocycles. The summed E-state index contributed by atoms with van der Waals surface area (Å²) in [6, 6.07) is 6.00. The van der Waals surface area contributed by atoms with Crippen molar-refractivity contribution in [3.8, 4) is 0 Å². The summed E-state index contributed by atoms with van der Waals surface area (Å²) < 4.78 is 0. The number of anilines is 1. The molecule has 104 valence electrons. The van der Waals surface area contributed by atoms with E-state index < -0.39 is 0 Å². The SMILES string of the molecule is CCC(CNC)CN(C)c1ccc2[nH]c(=O)[nH]c2c1. The summed E-state index contributed by atoms with van der Waals surface area (Å²) in [6.07, 6.45) is 1.15. The van der Waals surface area contributed by atoms with Crippen LogP contribution in [0.1, 0.15) is 13.3 Å². The average Bonchev–Trinajstić information content (AvgIpc) is 2.76. The number of fused-ring (bicyclic) bond motifs is 1. The molecular formula is C14H22N4O. The van der Waals surface area contributed by atoms with E-state index in [0.717, 1.165) is 36.2 Å². The van der Waals surface area contributed by atoms with Crippen molar-refractivity contribution in [2.45, 2.75) is 13.3 Å². The first-order chi connectivity index (χ1) is 9.13. The molecule has 19 heavy (non-hydrogen) atoms. The average molecular weight is 262 g/mol. The molecule has 0 amide bonds. The number of aromatic nitrogens is 2. The number of rotatable bonds is 6. The lowest BCUT2D eigenvalue weighted by Gasteiger charge is -2.25. The highest BCUT2D eigenvalue weighted by Crippen LogP contribution is 2.19. The van der Waals surface area contributed by atoms with Crippen LogP contribution in [-0.2, 0) is 0 Å². The van der Waals surface area contributed by atoms with Crippen molar-refractivity contribution >= 4 is 16.7 Å². The lowest BCUT2D eigenvalue weighted by molar-refractivity contribution is 0.485. The molecular weight excluding hydrogens is 240 g/mol. The van der Waals surface area contributed by atoms with Crippen molar-refractivity contribution in [3.05, 3.63) is 28.7 Å². The minimum atomic E-state index is -0.156. The lowest BCUT2D eigenvalue weighted by atomic mass is 10.1. The molecule has 2 aromatic rings. The maximum Gasteiger partial charge on any atom is 0.323 e. The van der Waals surface area contributed by atoms with E-state index in [-0.39, 0.29) is 5.69 Å². The normalized spacial score (nSPS) is 12.8. The number of aromatic amines is 2. The Morgan fingerprint density at radius 2 is 2.05 bits per heavy atom. The Bertz CT molecular complexity index is 586. The summed E-state index contributed by atoms with van der Waals surface area (Å²) >= 11 is 0. The second-order valence-electron chi connectivity index (χ2n) is 5.02. The van der Waals surface area contributed by atoms with E-state index in [1.54, 1.807) is 0 Å². The fourth-order valence-electron chi connectivity index (χ4n) is 2.38. The van der Waals surface area contributed by atoms with Crippen molar-refractivity contribution in [2.24, 2.45) is 5.92 Å². The van der Waals surface area contributed by atoms with Gasteiger partial charge in [-0.15, -0.1) is 0 Å². The molecule has 1 atom stereocenters. The third kappa shape index (κ3) is 3.17. The van der Waals surface area contributed by atoms with Gasteiger partial charge in [0.15, 0.2) is 0 Å². The Hall–Kier alpha value is -1.75. The molecule has 3 N–H and O–H groups in total. The first-order valence-electron chi connectivity index (χ1n) is 6.71. The Balaban J connectivity index is 2.15. The fraction of sp³-hybridized carbons (Fsp3) is 0.500. The van der Waals surface area contributed by atoms with Gasteiger partial charge in [0.25, 0.3) is 0 Å². The monoisotopic (exact) mass is 262 g/mol. The van der Waals surface area contributed by atoms with Gasteiger partial charge in [0.1, 0.15) is 0 Å². The van der Waals surface area contributed by atoms with Crippen LogP contribution in [0.2, 0.25) is 0 Å². The standard InChI is InChI=1S/C14H22N4O/c1-4-10(8-15-2)9-18(3)11-5-6-12-13(7-11)17-14(19)16-12/h5-7,10,15H,4,8-9H2,1-3H3,(H2,16,17,19). The molecule has 0 bridgehead atoms. The quantitative estimate of drug-likeness (QED) is 0.740. The van der Waals surface area contributed by atoms with E-state index in [1.807, 2.05) is 25.2 Å². The third-order valence-electron chi connectivity index (χ3n) is 3.54. The maximum absolute atomic E-state index is 11.2. The van der Waals surface area contributed by atoms with Gasteiger partial charge in [-0.1, -0.05) is 13.3 Å². The summed E-state index contributed by atoms with van der Waals surface area (Å²) in [5.74, 6) is 0.621. The molecule has 0 aliphatic carbocycles. The van der Waals surface area contributed by atoms with Gasteiger partial charge in [0.2, 0.25) is 0 Å².